The number of carbonyl (C=O) groups is 3. The van der Waals surface area contributed by atoms with Gasteiger partial charge in [-0.2, -0.15) is 0 Å². The number of esters is 1. The average Bonchev–Trinajstić information content (AvgIpc) is 2.76. The first-order valence-electron chi connectivity index (χ1n) is 9.78. The molecule has 0 aromatic heterocycles. The Hall–Kier alpha value is -3.93. The van der Waals surface area contributed by atoms with Crippen molar-refractivity contribution < 1.29 is 23.9 Å². The molecular weight excluding hydrogens is 394 g/mol. The van der Waals surface area contributed by atoms with E-state index in [-0.39, 0.29) is 11.3 Å². The van der Waals surface area contributed by atoms with E-state index < -0.39 is 18.5 Å². The lowest BCUT2D eigenvalue weighted by Crippen LogP contribution is -2.21. The first-order chi connectivity index (χ1) is 14.9. The zero-order valence-electron chi connectivity index (χ0n) is 17.4. The topological polar surface area (TPSA) is 81.7 Å². The van der Waals surface area contributed by atoms with Crippen molar-refractivity contribution in [1.82, 2.24) is 0 Å². The molecule has 0 spiro atoms. The zero-order valence-corrected chi connectivity index (χ0v) is 17.4. The number of para-hydroxylation sites is 1. The van der Waals surface area contributed by atoms with Crippen LogP contribution < -0.4 is 10.1 Å². The van der Waals surface area contributed by atoms with E-state index >= 15 is 0 Å². The van der Waals surface area contributed by atoms with E-state index in [0.717, 1.165) is 11.1 Å². The highest BCUT2D eigenvalue weighted by atomic mass is 16.5. The van der Waals surface area contributed by atoms with Crippen molar-refractivity contribution in [2.75, 3.05) is 11.9 Å². The zero-order chi connectivity index (χ0) is 22.2. The summed E-state index contributed by atoms with van der Waals surface area (Å²) in [4.78, 5) is 36.1. The number of ketones is 1. The van der Waals surface area contributed by atoms with E-state index in [4.69, 9.17) is 9.47 Å². The minimum Gasteiger partial charge on any atom is -0.488 e. The minimum absolute atomic E-state index is 0.107. The molecule has 0 radical (unpaired) electrons. The second-order valence-electron chi connectivity index (χ2n) is 7.04. The summed E-state index contributed by atoms with van der Waals surface area (Å²) >= 11 is 0. The third kappa shape index (κ3) is 6.27. The van der Waals surface area contributed by atoms with Gasteiger partial charge in [-0.05, 0) is 43.7 Å². The Bertz CT molecular complexity index is 1110. The molecule has 0 bridgehead atoms. The van der Waals surface area contributed by atoms with Crippen molar-refractivity contribution in [1.29, 1.82) is 0 Å². The van der Waals surface area contributed by atoms with Gasteiger partial charge < -0.3 is 14.8 Å². The van der Waals surface area contributed by atoms with Crippen LogP contribution in [0.2, 0.25) is 0 Å². The second-order valence-corrected chi connectivity index (χ2v) is 7.04. The third-order valence-electron chi connectivity index (χ3n) is 4.47. The highest BCUT2D eigenvalue weighted by Crippen LogP contribution is 2.21. The van der Waals surface area contributed by atoms with E-state index in [2.05, 4.69) is 5.32 Å². The molecule has 0 aliphatic heterocycles. The Labute approximate surface area is 180 Å². The maximum atomic E-state index is 12.5. The molecule has 1 amide bonds. The Morgan fingerprint density at radius 3 is 2.45 bits per heavy atom. The Morgan fingerprint density at radius 1 is 0.903 bits per heavy atom. The number of hydrogen-bond acceptors (Lipinski definition) is 5. The number of amides is 1. The average molecular weight is 417 g/mol. The summed E-state index contributed by atoms with van der Waals surface area (Å²) in [6.45, 7) is 3.28. The van der Waals surface area contributed by atoms with Gasteiger partial charge in [0.15, 0.2) is 12.4 Å². The van der Waals surface area contributed by atoms with Crippen LogP contribution >= 0.6 is 0 Å². The molecule has 0 heterocycles. The minimum atomic E-state index is -0.660. The molecule has 6 heteroatoms. The molecular formula is C25H23NO5. The molecule has 3 aromatic rings. The predicted octanol–water partition coefficient (Wildman–Crippen LogP) is 4.57. The highest BCUT2D eigenvalue weighted by molar-refractivity contribution is 5.98. The number of carbonyl (C=O) groups excluding carboxylic acids is 3. The Morgan fingerprint density at radius 2 is 1.68 bits per heavy atom. The third-order valence-corrected chi connectivity index (χ3v) is 4.47. The van der Waals surface area contributed by atoms with Gasteiger partial charge in [-0.3, -0.25) is 9.59 Å². The van der Waals surface area contributed by atoms with Crippen molar-refractivity contribution in [3.63, 3.8) is 0 Å². The molecule has 0 aliphatic rings. The number of aryl methyl sites for hydroxylation is 1. The smallest absolute Gasteiger partial charge is 0.342 e. The quantitative estimate of drug-likeness (QED) is 0.429. The van der Waals surface area contributed by atoms with Crippen molar-refractivity contribution in [2.45, 2.75) is 20.5 Å². The summed E-state index contributed by atoms with van der Waals surface area (Å²) in [7, 11) is 0. The Kier molecular flexibility index (Phi) is 7.17. The molecule has 0 saturated carbocycles. The van der Waals surface area contributed by atoms with Crippen molar-refractivity contribution in [2.24, 2.45) is 0 Å². The number of rotatable bonds is 8. The van der Waals surface area contributed by atoms with Crippen molar-refractivity contribution in [3.05, 3.63) is 95.1 Å². The number of Topliss-reactive ketones (excluding diaryl/α,β-unsaturated/α-hetero) is 1. The SMILES string of the molecule is CC(=O)c1cccc(NC(=O)COC(=O)c2ccccc2OCc2cccc(C)c2)c1. The normalized spacial score (nSPS) is 10.3. The van der Waals surface area contributed by atoms with Gasteiger partial charge in [-0.15, -0.1) is 0 Å². The number of nitrogens with one attached hydrogen (secondary N) is 1. The first-order valence-corrected chi connectivity index (χ1v) is 9.78. The maximum Gasteiger partial charge on any atom is 0.342 e. The fraction of sp³-hybridized carbons (Fsp3) is 0.160. The van der Waals surface area contributed by atoms with E-state index in [1.807, 2.05) is 31.2 Å². The fourth-order valence-corrected chi connectivity index (χ4v) is 2.95. The van der Waals surface area contributed by atoms with Crippen LogP contribution in [-0.2, 0) is 16.1 Å². The summed E-state index contributed by atoms with van der Waals surface area (Å²) in [6.07, 6.45) is 0. The number of anilines is 1. The standard InChI is InChI=1S/C25H23NO5/c1-17-7-5-8-19(13-17)15-30-23-12-4-3-11-22(23)25(29)31-16-24(28)26-21-10-6-9-20(14-21)18(2)27/h3-14H,15-16H2,1-2H3,(H,26,28). The number of benzene rings is 3. The predicted molar refractivity (Wildman–Crippen MR) is 117 cm³/mol. The highest BCUT2D eigenvalue weighted by Gasteiger charge is 2.16. The van der Waals surface area contributed by atoms with E-state index in [9.17, 15) is 14.4 Å². The number of ether oxygens (including phenoxy) is 2. The van der Waals surface area contributed by atoms with E-state index in [1.165, 1.54) is 6.92 Å². The van der Waals surface area contributed by atoms with Crippen LogP contribution in [0.25, 0.3) is 0 Å². The van der Waals surface area contributed by atoms with Gasteiger partial charge in [0.1, 0.15) is 17.9 Å². The lowest BCUT2D eigenvalue weighted by molar-refractivity contribution is -0.119. The molecule has 6 nitrogen and oxygen atoms in total. The summed E-state index contributed by atoms with van der Waals surface area (Å²) in [6, 6.07) is 21.2. The van der Waals surface area contributed by atoms with Crippen LogP contribution in [0.15, 0.2) is 72.8 Å². The maximum absolute atomic E-state index is 12.5. The molecule has 158 valence electrons. The van der Waals surface area contributed by atoms with Gasteiger partial charge >= 0.3 is 5.97 Å². The lowest BCUT2D eigenvalue weighted by Gasteiger charge is -2.12. The second kappa shape index (κ2) is 10.2. The van der Waals surface area contributed by atoms with Crippen molar-refractivity contribution in [3.8, 4) is 5.75 Å². The Balaban J connectivity index is 1.58. The van der Waals surface area contributed by atoms with Crippen LogP contribution in [0.3, 0.4) is 0 Å². The molecule has 0 aliphatic carbocycles. The van der Waals surface area contributed by atoms with Crippen LogP contribution in [0, 0.1) is 6.92 Å². The molecule has 0 atom stereocenters. The van der Waals surface area contributed by atoms with Gasteiger partial charge in [0.05, 0.1) is 0 Å². The molecule has 3 aromatic carbocycles. The molecule has 0 saturated heterocycles. The van der Waals surface area contributed by atoms with Gasteiger partial charge in [-0.1, -0.05) is 54.1 Å². The van der Waals surface area contributed by atoms with E-state index in [1.54, 1.807) is 48.5 Å². The summed E-state index contributed by atoms with van der Waals surface area (Å²) < 4.78 is 11.0. The molecule has 0 fully saturated rings. The van der Waals surface area contributed by atoms with Gasteiger partial charge in [0.2, 0.25) is 0 Å². The molecule has 0 unspecified atom stereocenters. The van der Waals surface area contributed by atoms with Crippen LogP contribution in [0.1, 0.15) is 38.8 Å². The van der Waals surface area contributed by atoms with Crippen LogP contribution in [-0.4, -0.2) is 24.3 Å². The van der Waals surface area contributed by atoms with Crippen LogP contribution in [0.5, 0.6) is 5.75 Å². The molecule has 1 N–H and O–H groups in total. The van der Waals surface area contributed by atoms with Crippen LogP contribution in [0.4, 0.5) is 5.69 Å². The summed E-state index contributed by atoms with van der Waals surface area (Å²) in [5, 5.41) is 2.61. The monoisotopic (exact) mass is 417 g/mol. The van der Waals surface area contributed by atoms with Gasteiger partial charge in [0.25, 0.3) is 5.91 Å². The summed E-state index contributed by atoms with van der Waals surface area (Å²) in [5.74, 6) is -0.895. The number of hydrogen-bond donors (Lipinski definition) is 1. The van der Waals surface area contributed by atoms with E-state index in [0.29, 0.717) is 23.6 Å². The lowest BCUT2D eigenvalue weighted by atomic mass is 10.1. The van der Waals surface area contributed by atoms with Crippen molar-refractivity contribution >= 4 is 23.3 Å². The van der Waals surface area contributed by atoms with Gasteiger partial charge in [0, 0.05) is 11.3 Å². The summed E-state index contributed by atoms with van der Waals surface area (Å²) in [5.41, 5.74) is 3.27. The van der Waals surface area contributed by atoms with Gasteiger partial charge in [-0.25, -0.2) is 4.79 Å². The fourth-order valence-electron chi connectivity index (χ4n) is 2.95. The largest absolute Gasteiger partial charge is 0.488 e. The molecule has 3 rings (SSSR count). The molecule has 31 heavy (non-hydrogen) atoms. The first kappa shape index (κ1) is 21.8.